The lowest BCUT2D eigenvalue weighted by Gasteiger charge is -2.21. The second-order valence-electron chi connectivity index (χ2n) is 6.79. The maximum Gasteiger partial charge on any atom is 0.235 e. The topological polar surface area (TPSA) is 71.1 Å². The van der Waals surface area contributed by atoms with Crippen molar-refractivity contribution in [3.05, 3.63) is 30.1 Å². The molecule has 1 aromatic rings. The first kappa shape index (κ1) is 16.0. The van der Waals surface area contributed by atoms with Gasteiger partial charge in [-0.25, -0.2) is 0 Å². The molecule has 2 aliphatic rings. The third-order valence-corrected chi connectivity index (χ3v) is 4.99. The summed E-state index contributed by atoms with van der Waals surface area (Å²) < 4.78 is 0. The number of nitrogens with one attached hydrogen (secondary N) is 2. The van der Waals surface area contributed by atoms with Crippen LogP contribution < -0.4 is 10.6 Å². The van der Waals surface area contributed by atoms with Crippen LogP contribution in [0.1, 0.15) is 56.9 Å². The van der Waals surface area contributed by atoms with Crippen molar-refractivity contribution in [2.45, 2.75) is 64.0 Å². The fourth-order valence-corrected chi connectivity index (χ4v) is 3.28. The zero-order valence-electron chi connectivity index (χ0n) is 13.5. The Kier molecular flexibility index (Phi) is 4.94. The van der Waals surface area contributed by atoms with Crippen LogP contribution in [0.15, 0.2) is 24.5 Å². The summed E-state index contributed by atoms with van der Waals surface area (Å²) in [5, 5.41) is 6.02. The second kappa shape index (κ2) is 7.11. The molecule has 0 spiro atoms. The van der Waals surface area contributed by atoms with E-state index < -0.39 is 5.41 Å². The predicted molar refractivity (Wildman–Crippen MR) is 87.4 cm³/mol. The molecule has 1 heterocycles. The van der Waals surface area contributed by atoms with Crippen molar-refractivity contribution in [3.63, 3.8) is 0 Å². The number of nitrogens with zero attached hydrogens (tertiary/aromatic N) is 1. The van der Waals surface area contributed by atoms with Crippen molar-refractivity contribution in [1.82, 2.24) is 15.6 Å². The number of carbonyl (C=O) groups excluding carboxylic acids is 2. The number of aromatic nitrogens is 1. The van der Waals surface area contributed by atoms with Crippen LogP contribution in [0.3, 0.4) is 0 Å². The zero-order valence-corrected chi connectivity index (χ0v) is 13.5. The lowest BCUT2D eigenvalue weighted by atomic mass is 10.0. The molecule has 23 heavy (non-hydrogen) atoms. The average molecular weight is 315 g/mol. The van der Waals surface area contributed by atoms with Crippen LogP contribution in [0.4, 0.5) is 0 Å². The van der Waals surface area contributed by atoms with Crippen LogP contribution in [-0.4, -0.2) is 22.8 Å². The minimum Gasteiger partial charge on any atom is -0.352 e. The highest BCUT2D eigenvalue weighted by atomic mass is 16.2. The summed E-state index contributed by atoms with van der Waals surface area (Å²) in [4.78, 5) is 29.1. The normalized spacial score (nSPS) is 20.3. The standard InChI is InChI=1S/C18H25N3O2/c22-16(20-13-14-6-5-11-19-12-14)18(9-10-18)17(23)21-15-7-3-1-2-4-8-15/h5-6,11-12,15H,1-4,7-10,13H2,(H,20,22)(H,21,23). The highest BCUT2D eigenvalue weighted by Gasteiger charge is 2.56. The van der Waals surface area contributed by atoms with E-state index in [4.69, 9.17) is 0 Å². The highest BCUT2D eigenvalue weighted by molar-refractivity contribution is 6.07. The van der Waals surface area contributed by atoms with Crippen molar-refractivity contribution < 1.29 is 9.59 Å². The van der Waals surface area contributed by atoms with Gasteiger partial charge in [-0.15, -0.1) is 0 Å². The van der Waals surface area contributed by atoms with E-state index in [2.05, 4.69) is 15.6 Å². The van der Waals surface area contributed by atoms with Gasteiger partial charge in [-0.3, -0.25) is 14.6 Å². The Morgan fingerprint density at radius 2 is 1.87 bits per heavy atom. The Hall–Kier alpha value is -1.91. The highest BCUT2D eigenvalue weighted by Crippen LogP contribution is 2.46. The van der Waals surface area contributed by atoms with Crippen LogP contribution in [0.5, 0.6) is 0 Å². The fraction of sp³-hybridized carbons (Fsp3) is 0.611. The lowest BCUT2D eigenvalue weighted by molar-refractivity contribution is -0.137. The molecule has 0 radical (unpaired) electrons. The summed E-state index contributed by atoms with van der Waals surface area (Å²) in [5.74, 6) is -0.222. The molecule has 2 fully saturated rings. The van der Waals surface area contributed by atoms with Gasteiger partial charge in [0.2, 0.25) is 11.8 Å². The summed E-state index contributed by atoms with van der Waals surface area (Å²) in [6.45, 7) is 0.422. The molecule has 2 saturated carbocycles. The first-order valence-corrected chi connectivity index (χ1v) is 8.69. The molecule has 0 unspecified atom stereocenters. The van der Waals surface area contributed by atoms with E-state index in [1.807, 2.05) is 12.1 Å². The monoisotopic (exact) mass is 315 g/mol. The third kappa shape index (κ3) is 3.89. The van der Waals surface area contributed by atoms with E-state index in [9.17, 15) is 9.59 Å². The maximum absolute atomic E-state index is 12.6. The van der Waals surface area contributed by atoms with Gasteiger partial charge in [-0.2, -0.15) is 0 Å². The maximum atomic E-state index is 12.6. The van der Waals surface area contributed by atoms with E-state index in [1.165, 1.54) is 25.7 Å². The number of amides is 2. The summed E-state index contributed by atoms with van der Waals surface area (Å²) in [7, 11) is 0. The quantitative estimate of drug-likeness (QED) is 0.647. The summed E-state index contributed by atoms with van der Waals surface area (Å²) in [5.41, 5.74) is 0.120. The van der Waals surface area contributed by atoms with Gasteiger partial charge in [0.05, 0.1) is 0 Å². The SMILES string of the molecule is O=C(NCc1cccnc1)C1(C(=O)NC2CCCCCC2)CC1. The Morgan fingerprint density at radius 3 is 2.48 bits per heavy atom. The Morgan fingerprint density at radius 1 is 1.13 bits per heavy atom. The van der Waals surface area contributed by atoms with Gasteiger partial charge >= 0.3 is 0 Å². The minimum atomic E-state index is -0.825. The average Bonchev–Trinajstić information content (AvgIpc) is 3.39. The first-order valence-electron chi connectivity index (χ1n) is 8.69. The molecule has 124 valence electrons. The Balaban J connectivity index is 1.53. The van der Waals surface area contributed by atoms with Crippen LogP contribution in [0.2, 0.25) is 0 Å². The van der Waals surface area contributed by atoms with Gasteiger partial charge in [-0.05, 0) is 37.3 Å². The van der Waals surface area contributed by atoms with Gasteiger partial charge in [0.25, 0.3) is 0 Å². The van der Waals surface area contributed by atoms with Crippen LogP contribution >= 0.6 is 0 Å². The van der Waals surface area contributed by atoms with Gasteiger partial charge in [0.15, 0.2) is 0 Å². The second-order valence-corrected chi connectivity index (χ2v) is 6.79. The number of pyridine rings is 1. The molecule has 2 N–H and O–H groups in total. The van der Waals surface area contributed by atoms with Gasteiger partial charge in [0, 0.05) is 25.0 Å². The molecular formula is C18H25N3O2. The van der Waals surface area contributed by atoms with E-state index >= 15 is 0 Å². The van der Waals surface area contributed by atoms with Crippen LogP contribution in [0.25, 0.3) is 0 Å². The third-order valence-electron chi connectivity index (χ3n) is 4.99. The van der Waals surface area contributed by atoms with Crippen molar-refractivity contribution in [2.24, 2.45) is 5.41 Å². The molecule has 0 aromatic carbocycles. The van der Waals surface area contributed by atoms with Crippen LogP contribution in [-0.2, 0) is 16.1 Å². The van der Waals surface area contributed by atoms with Crippen molar-refractivity contribution in [1.29, 1.82) is 0 Å². The molecule has 3 rings (SSSR count). The summed E-state index contributed by atoms with van der Waals surface area (Å²) >= 11 is 0. The molecule has 2 aliphatic carbocycles. The number of hydrogen-bond acceptors (Lipinski definition) is 3. The van der Waals surface area contributed by atoms with Crippen molar-refractivity contribution in [3.8, 4) is 0 Å². The molecular weight excluding hydrogens is 290 g/mol. The summed E-state index contributed by atoms with van der Waals surface area (Å²) in [6, 6.07) is 4.00. The largest absolute Gasteiger partial charge is 0.352 e. The van der Waals surface area contributed by atoms with Gasteiger partial charge in [0.1, 0.15) is 5.41 Å². The Bertz CT molecular complexity index is 547. The fourth-order valence-electron chi connectivity index (χ4n) is 3.28. The molecule has 0 atom stereocenters. The molecule has 0 bridgehead atoms. The number of carbonyl (C=O) groups is 2. The number of hydrogen-bond donors (Lipinski definition) is 2. The molecule has 0 aliphatic heterocycles. The lowest BCUT2D eigenvalue weighted by Crippen LogP contribution is -2.46. The van der Waals surface area contributed by atoms with Gasteiger partial charge < -0.3 is 10.6 Å². The van der Waals surface area contributed by atoms with Crippen LogP contribution in [0, 0.1) is 5.41 Å². The zero-order chi connectivity index (χ0) is 16.1. The van der Waals surface area contributed by atoms with Gasteiger partial charge in [-0.1, -0.05) is 31.7 Å². The van der Waals surface area contributed by atoms with E-state index in [-0.39, 0.29) is 17.9 Å². The first-order chi connectivity index (χ1) is 11.2. The van der Waals surface area contributed by atoms with E-state index in [0.29, 0.717) is 19.4 Å². The number of rotatable bonds is 5. The molecule has 5 nitrogen and oxygen atoms in total. The molecule has 1 aromatic heterocycles. The Labute approximate surface area is 137 Å². The van der Waals surface area contributed by atoms with E-state index in [1.54, 1.807) is 12.4 Å². The molecule has 2 amide bonds. The summed E-state index contributed by atoms with van der Waals surface area (Å²) in [6.07, 6.45) is 11.7. The van der Waals surface area contributed by atoms with E-state index in [0.717, 1.165) is 18.4 Å². The van der Waals surface area contributed by atoms with Crippen molar-refractivity contribution >= 4 is 11.8 Å². The predicted octanol–water partition coefficient (Wildman–Crippen LogP) is 2.32. The molecule has 5 heteroatoms. The minimum absolute atomic E-state index is 0.0758. The smallest absolute Gasteiger partial charge is 0.235 e. The molecule has 0 saturated heterocycles. The van der Waals surface area contributed by atoms with Crippen molar-refractivity contribution in [2.75, 3.05) is 0 Å².